The number of fused-ring (bicyclic) bond motifs is 1. The van der Waals surface area contributed by atoms with Gasteiger partial charge in [-0.1, -0.05) is 0 Å². The molecule has 0 aliphatic heterocycles. The Balaban J connectivity index is 1.89. The lowest BCUT2D eigenvalue weighted by Crippen LogP contribution is -2.12. The molecule has 20 heavy (non-hydrogen) atoms. The first-order valence-corrected chi connectivity index (χ1v) is 7.53. The van der Waals surface area contributed by atoms with E-state index in [4.69, 9.17) is 0 Å². The van der Waals surface area contributed by atoms with Crippen LogP contribution in [0.15, 0.2) is 41.1 Å². The Morgan fingerprint density at radius 3 is 3.00 bits per heavy atom. The summed E-state index contributed by atoms with van der Waals surface area (Å²) in [5.74, 6) is -0.189. The summed E-state index contributed by atoms with van der Waals surface area (Å²) in [5, 5.41) is 3.88. The average Bonchev–Trinajstić information content (AvgIpc) is 2.78. The predicted molar refractivity (Wildman–Crippen MR) is 84.2 cm³/mol. The maximum absolute atomic E-state index is 12.2. The number of hydrogen-bond donors (Lipinski definition) is 1. The summed E-state index contributed by atoms with van der Waals surface area (Å²) in [5.41, 5.74) is 2.21. The zero-order valence-electron chi connectivity index (χ0n) is 10.6. The number of rotatable bonds is 2. The van der Waals surface area contributed by atoms with Crippen LogP contribution in [-0.2, 0) is 0 Å². The van der Waals surface area contributed by atoms with Gasteiger partial charge in [0.2, 0.25) is 0 Å². The van der Waals surface area contributed by atoms with Crippen molar-refractivity contribution in [1.82, 2.24) is 9.97 Å². The van der Waals surface area contributed by atoms with Crippen molar-refractivity contribution in [3.63, 3.8) is 0 Å². The molecule has 0 unspecified atom stereocenters. The topological polar surface area (TPSA) is 54.9 Å². The number of hydrogen-bond acceptors (Lipinski definition) is 4. The molecule has 1 amide bonds. The van der Waals surface area contributed by atoms with Crippen LogP contribution in [0, 0.1) is 6.92 Å². The standard InChI is InChI=1S/C14H10BrN3OS/c1-8-17-11-5-4-9(7-12(11)20-8)18-14(19)10-3-2-6-16-13(10)15/h2-7H,1H3,(H,18,19). The lowest BCUT2D eigenvalue weighted by Gasteiger charge is -2.06. The molecule has 0 bridgehead atoms. The first-order chi connectivity index (χ1) is 9.63. The largest absolute Gasteiger partial charge is 0.322 e. The molecule has 0 aliphatic rings. The van der Waals surface area contributed by atoms with Gasteiger partial charge in [0, 0.05) is 11.9 Å². The molecule has 0 spiro atoms. The molecule has 100 valence electrons. The number of halogens is 1. The number of anilines is 1. The van der Waals surface area contributed by atoms with Crippen molar-refractivity contribution in [3.05, 3.63) is 51.7 Å². The van der Waals surface area contributed by atoms with E-state index in [-0.39, 0.29) is 5.91 Å². The van der Waals surface area contributed by atoms with Crippen LogP contribution in [0.2, 0.25) is 0 Å². The van der Waals surface area contributed by atoms with Crippen LogP contribution in [-0.4, -0.2) is 15.9 Å². The van der Waals surface area contributed by atoms with Crippen LogP contribution in [0.1, 0.15) is 15.4 Å². The van der Waals surface area contributed by atoms with Crippen LogP contribution in [0.25, 0.3) is 10.2 Å². The van der Waals surface area contributed by atoms with Gasteiger partial charge in [0.1, 0.15) is 4.60 Å². The molecule has 0 atom stereocenters. The molecule has 2 aromatic heterocycles. The minimum absolute atomic E-state index is 0.189. The third kappa shape index (κ3) is 2.57. The molecule has 0 saturated heterocycles. The third-order valence-corrected chi connectivity index (χ3v) is 4.32. The first kappa shape index (κ1) is 13.2. The highest BCUT2D eigenvalue weighted by atomic mass is 79.9. The number of carbonyl (C=O) groups excluding carboxylic acids is 1. The molecule has 3 aromatic rings. The Labute approximate surface area is 128 Å². The van der Waals surface area contributed by atoms with E-state index < -0.39 is 0 Å². The van der Waals surface area contributed by atoms with Gasteiger partial charge in [-0.3, -0.25) is 4.79 Å². The van der Waals surface area contributed by atoms with Gasteiger partial charge in [0.15, 0.2) is 0 Å². The number of thiazole rings is 1. The van der Waals surface area contributed by atoms with Crippen molar-refractivity contribution >= 4 is 49.1 Å². The fourth-order valence-electron chi connectivity index (χ4n) is 1.87. The summed E-state index contributed by atoms with van der Waals surface area (Å²) in [4.78, 5) is 20.6. The summed E-state index contributed by atoms with van der Waals surface area (Å²) < 4.78 is 1.60. The van der Waals surface area contributed by atoms with Crippen molar-refractivity contribution in [2.45, 2.75) is 6.92 Å². The number of nitrogens with zero attached hydrogens (tertiary/aromatic N) is 2. The van der Waals surface area contributed by atoms with Crippen LogP contribution in [0.3, 0.4) is 0 Å². The highest BCUT2D eigenvalue weighted by molar-refractivity contribution is 9.10. The summed E-state index contributed by atoms with van der Waals surface area (Å²) in [6.07, 6.45) is 1.63. The van der Waals surface area contributed by atoms with Crippen LogP contribution in [0.5, 0.6) is 0 Å². The Bertz CT molecular complexity index is 800. The van der Waals surface area contributed by atoms with Gasteiger partial charge < -0.3 is 5.32 Å². The van der Waals surface area contributed by atoms with Crippen molar-refractivity contribution in [2.24, 2.45) is 0 Å². The molecular weight excluding hydrogens is 338 g/mol. The second kappa shape index (κ2) is 5.30. The van der Waals surface area contributed by atoms with Crippen molar-refractivity contribution in [1.29, 1.82) is 0 Å². The minimum atomic E-state index is -0.189. The van der Waals surface area contributed by atoms with Crippen LogP contribution < -0.4 is 5.32 Å². The van der Waals surface area contributed by atoms with Crippen molar-refractivity contribution in [3.8, 4) is 0 Å². The molecule has 2 heterocycles. The van der Waals surface area contributed by atoms with Crippen LogP contribution in [0.4, 0.5) is 5.69 Å². The van der Waals surface area contributed by atoms with Gasteiger partial charge >= 0.3 is 0 Å². The molecule has 6 heteroatoms. The molecule has 0 radical (unpaired) electrons. The summed E-state index contributed by atoms with van der Waals surface area (Å²) in [7, 11) is 0. The second-order valence-electron chi connectivity index (χ2n) is 4.21. The first-order valence-electron chi connectivity index (χ1n) is 5.92. The van der Waals surface area contributed by atoms with E-state index in [0.717, 1.165) is 20.9 Å². The average molecular weight is 348 g/mol. The van der Waals surface area contributed by atoms with Crippen molar-refractivity contribution < 1.29 is 4.79 Å². The molecule has 0 aliphatic carbocycles. The summed E-state index contributed by atoms with van der Waals surface area (Å²) in [6, 6.07) is 9.15. The number of aryl methyl sites for hydroxylation is 1. The van der Waals surface area contributed by atoms with Gasteiger partial charge in [0.25, 0.3) is 5.91 Å². The smallest absolute Gasteiger partial charge is 0.258 e. The molecule has 3 rings (SSSR count). The number of pyridine rings is 1. The van der Waals surface area contributed by atoms with Crippen LogP contribution >= 0.6 is 27.3 Å². The Hall–Kier alpha value is -1.79. The van der Waals surface area contributed by atoms with E-state index in [1.807, 2.05) is 25.1 Å². The molecular formula is C14H10BrN3OS. The number of benzene rings is 1. The highest BCUT2D eigenvalue weighted by Crippen LogP contribution is 2.25. The van der Waals surface area contributed by atoms with E-state index in [1.165, 1.54) is 0 Å². The van der Waals surface area contributed by atoms with E-state index >= 15 is 0 Å². The van der Waals surface area contributed by atoms with Gasteiger partial charge in [-0.25, -0.2) is 9.97 Å². The van der Waals surface area contributed by atoms with E-state index in [0.29, 0.717) is 10.2 Å². The lowest BCUT2D eigenvalue weighted by atomic mass is 10.2. The highest BCUT2D eigenvalue weighted by Gasteiger charge is 2.11. The summed E-state index contributed by atoms with van der Waals surface area (Å²) >= 11 is 4.88. The van der Waals surface area contributed by atoms with Gasteiger partial charge in [-0.2, -0.15) is 0 Å². The monoisotopic (exact) mass is 347 g/mol. The van der Waals surface area contributed by atoms with Crippen molar-refractivity contribution in [2.75, 3.05) is 5.32 Å². The molecule has 1 N–H and O–H groups in total. The lowest BCUT2D eigenvalue weighted by molar-refractivity contribution is 0.102. The predicted octanol–water partition coefficient (Wildman–Crippen LogP) is 4.01. The van der Waals surface area contributed by atoms with E-state index in [2.05, 4.69) is 31.2 Å². The second-order valence-corrected chi connectivity index (χ2v) is 6.20. The number of carbonyl (C=O) groups is 1. The summed E-state index contributed by atoms with van der Waals surface area (Å²) in [6.45, 7) is 1.97. The van der Waals surface area contributed by atoms with E-state index in [1.54, 1.807) is 29.7 Å². The van der Waals surface area contributed by atoms with Gasteiger partial charge in [-0.05, 0) is 53.2 Å². The number of nitrogens with one attached hydrogen (secondary N) is 1. The maximum Gasteiger partial charge on any atom is 0.258 e. The molecule has 0 saturated carbocycles. The molecule has 1 aromatic carbocycles. The fraction of sp³-hybridized carbons (Fsp3) is 0.0714. The normalized spacial score (nSPS) is 10.7. The van der Waals surface area contributed by atoms with Gasteiger partial charge in [0.05, 0.1) is 20.8 Å². The number of amides is 1. The Morgan fingerprint density at radius 1 is 1.35 bits per heavy atom. The molecule has 4 nitrogen and oxygen atoms in total. The van der Waals surface area contributed by atoms with E-state index in [9.17, 15) is 4.79 Å². The zero-order valence-corrected chi connectivity index (χ0v) is 13.0. The maximum atomic E-state index is 12.2. The quantitative estimate of drug-likeness (QED) is 0.712. The Kier molecular flexibility index (Phi) is 3.50. The molecule has 0 fully saturated rings. The fourth-order valence-corrected chi connectivity index (χ4v) is 3.17. The Morgan fingerprint density at radius 2 is 2.20 bits per heavy atom. The zero-order chi connectivity index (χ0) is 14.1. The minimum Gasteiger partial charge on any atom is -0.322 e. The van der Waals surface area contributed by atoms with Gasteiger partial charge in [-0.15, -0.1) is 11.3 Å². The SMILES string of the molecule is Cc1nc2ccc(NC(=O)c3cccnc3Br)cc2s1. The number of aromatic nitrogens is 2. The third-order valence-electron chi connectivity index (χ3n) is 2.76.